The van der Waals surface area contributed by atoms with Crippen LogP contribution in [0.3, 0.4) is 0 Å². The quantitative estimate of drug-likeness (QED) is 0.565. The summed E-state index contributed by atoms with van der Waals surface area (Å²) >= 11 is 0. The Labute approximate surface area is 139 Å². The molecule has 0 bridgehead atoms. The first-order valence-electron chi connectivity index (χ1n) is 6.77. The number of hydrogen-bond donors (Lipinski definition) is 1. The lowest BCUT2D eigenvalue weighted by atomic mass is 10.1. The van der Waals surface area contributed by atoms with Gasteiger partial charge in [-0.15, -0.1) is 0 Å². The molecule has 0 saturated carbocycles. The van der Waals surface area contributed by atoms with Crippen LogP contribution in [0.25, 0.3) is 10.8 Å². The van der Waals surface area contributed by atoms with E-state index >= 15 is 0 Å². The summed E-state index contributed by atoms with van der Waals surface area (Å²) in [5.41, 5.74) is 0. The van der Waals surface area contributed by atoms with Crippen LogP contribution in [-0.4, -0.2) is 21.4 Å². The zero-order chi connectivity index (χ0) is 17.4. The molecule has 3 aromatic rings. The molecule has 0 aliphatic rings. The van der Waals surface area contributed by atoms with Gasteiger partial charge in [0.05, 0.1) is 4.90 Å². The highest BCUT2D eigenvalue weighted by Crippen LogP contribution is 2.24. The van der Waals surface area contributed by atoms with Crippen molar-refractivity contribution < 1.29 is 25.6 Å². The predicted molar refractivity (Wildman–Crippen MR) is 88.0 cm³/mol. The molecule has 0 unspecified atom stereocenters. The number of rotatable bonds is 4. The van der Waals surface area contributed by atoms with Crippen LogP contribution in [0, 0.1) is 0 Å². The highest BCUT2D eigenvalue weighted by atomic mass is 32.2. The SMILES string of the molecule is O=S(=O)(O)c1cccc(OS(=O)(=O)c2ccc3ccccc3c2)c1. The van der Waals surface area contributed by atoms with Crippen LogP contribution in [0.1, 0.15) is 0 Å². The molecule has 0 aliphatic heterocycles. The molecule has 8 heteroatoms. The molecule has 0 saturated heterocycles. The van der Waals surface area contributed by atoms with E-state index in [1.54, 1.807) is 18.2 Å². The molecule has 124 valence electrons. The Morgan fingerprint density at radius 2 is 1.42 bits per heavy atom. The molecule has 1 N–H and O–H groups in total. The summed E-state index contributed by atoms with van der Waals surface area (Å²) in [6, 6.07) is 16.4. The van der Waals surface area contributed by atoms with Crippen LogP contribution in [0.2, 0.25) is 0 Å². The molecule has 0 spiro atoms. The molecular formula is C16H12O6S2. The molecule has 0 aromatic heterocycles. The molecule has 0 aliphatic carbocycles. The Morgan fingerprint density at radius 1 is 0.708 bits per heavy atom. The van der Waals surface area contributed by atoms with Gasteiger partial charge in [-0.05, 0) is 35.0 Å². The predicted octanol–water partition coefficient (Wildman–Crippen LogP) is 2.85. The summed E-state index contributed by atoms with van der Waals surface area (Å²) in [7, 11) is -8.59. The zero-order valence-corrected chi connectivity index (χ0v) is 13.8. The molecule has 0 radical (unpaired) electrons. The lowest BCUT2D eigenvalue weighted by Gasteiger charge is -2.08. The van der Waals surface area contributed by atoms with Gasteiger partial charge >= 0.3 is 10.1 Å². The van der Waals surface area contributed by atoms with E-state index in [2.05, 4.69) is 0 Å². The fourth-order valence-electron chi connectivity index (χ4n) is 2.18. The van der Waals surface area contributed by atoms with Crippen molar-refractivity contribution in [1.82, 2.24) is 0 Å². The maximum absolute atomic E-state index is 12.4. The first kappa shape index (κ1) is 16.4. The van der Waals surface area contributed by atoms with Crippen molar-refractivity contribution in [3.8, 4) is 5.75 Å². The molecule has 0 amide bonds. The minimum absolute atomic E-state index is 0.0570. The van der Waals surface area contributed by atoms with Gasteiger partial charge in [0.1, 0.15) is 10.6 Å². The van der Waals surface area contributed by atoms with E-state index < -0.39 is 25.1 Å². The monoisotopic (exact) mass is 364 g/mol. The highest BCUT2D eigenvalue weighted by Gasteiger charge is 2.18. The van der Waals surface area contributed by atoms with Crippen molar-refractivity contribution in [2.75, 3.05) is 0 Å². The molecular weight excluding hydrogens is 352 g/mol. The highest BCUT2D eigenvalue weighted by molar-refractivity contribution is 7.87. The Hall–Kier alpha value is -2.42. The third-order valence-electron chi connectivity index (χ3n) is 3.32. The van der Waals surface area contributed by atoms with E-state index in [1.807, 2.05) is 12.1 Å². The van der Waals surface area contributed by atoms with Gasteiger partial charge in [0, 0.05) is 6.07 Å². The van der Waals surface area contributed by atoms with Crippen molar-refractivity contribution in [2.24, 2.45) is 0 Å². The molecule has 3 aromatic carbocycles. The van der Waals surface area contributed by atoms with Gasteiger partial charge in [-0.1, -0.05) is 36.4 Å². The average molecular weight is 364 g/mol. The van der Waals surface area contributed by atoms with E-state index in [0.29, 0.717) is 0 Å². The summed E-state index contributed by atoms with van der Waals surface area (Å²) in [6.45, 7) is 0. The first-order valence-corrected chi connectivity index (χ1v) is 9.61. The van der Waals surface area contributed by atoms with Crippen LogP contribution in [0.4, 0.5) is 0 Å². The van der Waals surface area contributed by atoms with Gasteiger partial charge < -0.3 is 4.18 Å². The smallest absolute Gasteiger partial charge is 0.339 e. The molecule has 6 nitrogen and oxygen atoms in total. The Morgan fingerprint density at radius 3 is 2.12 bits per heavy atom. The molecule has 0 atom stereocenters. The number of fused-ring (bicyclic) bond motifs is 1. The van der Waals surface area contributed by atoms with E-state index in [1.165, 1.54) is 24.3 Å². The molecule has 3 rings (SSSR count). The van der Waals surface area contributed by atoms with Gasteiger partial charge in [-0.25, -0.2) is 0 Å². The van der Waals surface area contributed by atoms with E-state index in [0.717, 1.165) is 22.9 Å². The Kier molecular flexibility index (Phi) is 4.04. The summed E-state index contributed by atoms with van der Waals surface area (Å²) in [5.74, 6) is -0.210. The fourth-order valence-corrected chi connectivity index (χ4v) is 3.66. The van der Waals surface area contributed by atoms with Crippen molar-refractivity contribution in [2.45, 2.75) is 9.79 Å². The molecule has 0 fully saturated rings. The van der Waals surface area contributed by atoms with E-state index in [4.69, 9.17) is 8.74 Å². The third-order valence-corrected chi connectivity index (χ3v) is 5.41. The minimum atomic E-state index is -4.45. The largest absolute Gasteiger partial charge is 0.379 e. The Balaban J connectivity index is 1.98. The third kappa shape index (κ3) is 3.40. The Bertz CT molecular complexity index is 1120. The molecule has 0 heterocycles. The second-order valence-corrected chi connectivity index (χ2v) is 7.96. The second-order valence-electron chi connectivity index (χ2n) is 5.00. The number of benzene rings is 3. The van der Waals surface area contributed by atoms with Crippen LogP contribution < -0.4 is 4.18 Å². The summed E-state index contributed by atoms with van der Waals surface area (Å²) in [6.07, 6.45) is 0. The van der Waals surface area contributed by atoms with Gasteiger partial charge in [0.2, 0.25) is 0 Å². The summed E-state index contributed by atoms with van der Waals surface area (Å²) < 4.78 is 61.0. The van der Waals surface area contributed by atoms with Crippen molar-refractivity contribution >= 4 is 31.0 Å². The average Bonchev–Trinajstić information content (AvgIpc) is 2.53. The minimum Gasteiger partial charge on any atom is -0.379 e. The van der Waals surface area contributed by atoms with Crippen LogP contribution in [-0.2, 0) is 20.2 Å². The first-order chi connectivity index (χ1) is 11.3. The topological polar surface area (TPSA) is 97.7 Å². The van der Waals surface area contributed by atoms with Gasteiger partial charge in [0.15, 0.2) is 0 Å². The van der Waals surface area contributed by atoms with E-state index in [9.17, 15) is 16.8 Å². The van der Waals surface area contributed by atoms with Gasteiger partial charge in [0.25, 0.3) is 10.1 Å². The van der Waals surface area contributed by atoms with Crippen molar-refractivity contribution in [1.29, 1.82) is 0 Å². The summed E-state index contributed by atoms with van der Waals surface area (Å²) in [4.78, 5) is -0.507. The zero-order valence-electron chi connectivity index (χ0n) is 12.2. The standard InChI is InChI=1S/C16H12O6S2/c17-23(18,19)15-7-3-6-14(11-15)22-24(20,21)16-9-8-12-4-1-2-5-13(12)10-16/h1-11H,(H,17,18,19). The molecule has 24 heavy (non-hydrogen) atoms. The van der Waals surface area contributed by atoms with Crippen LogP contribution in [0.15, 0.2) is 76.5 Å². The van der Waals surface area contributed by atoms with Gasteiger partial charge in [-0.3, -0.25) is 4.55 Å². The van der Waals surface area contributed by atoms with Crippen molar-refractivity contribution in [3.63, 3.8) is 0 Å². The van der Waals surface area contributed by atoms with E-state index in [-0.39, 0.29) is 10.6 Å². The van der Waals surface area contributed by atoms with Crippen LogP contribution in [0.5, 0.6) is 5.75 Å². The van der Waals surface area contributed by atoms with Gasteiger partial charge in [-0.2, -0.15) is 16.8 Å². The lowest BCUT2D eigenvalue weighted by molar-refractivity contribution is 0.475. The normalized spacial score (nSPS) is 12.2. The van der Waals surface area contributed by atoms with Crippen molar-refractivity contribution in [3.05, 3.63) is 66.7 Å². The lowest BCUT2D eigenvalue weighted by Crippen LogP contribution is -2.10. The number of hydrogen-bond acceptors (Lipinski definition) is 5. The maximum Gasteiger partial charge on any atom is 0.339 e. The van der Waals surface area contributed by atoms with Crippen LogP contribution >= 0.6 is 0 Å². The maximum atomic E-state index is 12.4. The summed E-state index contributed by atoms with van der Waals surface area (Å²) in [5, 5.41) is 1.61. The second kappa shape index (κ2) is 5.90. The fraction of sp³-hybridized carbons (Fsp3) is 0.